The van der Waals surface area contributed by atoms with Crippen LogP contribution in [0.1, 0.15) is 32.8 Å². The lowest BCUT2D eigenvalue weighted by Gasteiger charge is -2.36. The van der Waals surface area contributed by atoms with E-state index in [2.05, 4.69) is 33.9 Å². The molecule has 0 atom stereocenters. The first-order chi connectivity index (χ1) is 9.13. The van der Waals surface area contributed by atoms with E-state index in [0.29, 0.717) is 0 Å². The Morgan fingerprint density at radius 2 is 1.75 bits per heavy atom. The largest absolute Gasteiger partial charge is 0.417 e. The van der Waals surface area contributed by atoms with E-state index in [1.54, 1.807) is 12.1 Å². The first kappa shape index (κ1) is 16.9. The molecular formula is C15H25NO3Si. The summed E-state index contributed by atoms with van der Waals surface area (Å²) in [7, 11) is -1.66. The third-order valence-electron chi connectivity index (χ3n) is 4.03. The topological polar surface area (TPSA) is 52.4 Å². The minimum atomic E-state index is -1.66. The molecule has 0 spiro atoms. The molecule has 0 saturated heterocycles. The molecule has 4 nitrogen and oxygen atoms in total. The SMILES string of the molecule is CC(C)(C)[Si](C)(C)OCCCc1ccc([N+](=O)[O-])cc1. The van der Waals surface area contributed by atoms with Crippen LogP contribution in [0.5, 0.6) is 0 Å². The van der Waals surface area contributed by atoms with E-state index in [1.165, 1.54) is 0 Å². The molecular weight excluding hydrogens is 270 g/mol. The average Bonchev–Trinajstić information content (AvgIpc) is 2.34. The summed E-state index contributed by atoms with van der Waals surface area (Å²) in [5.41, 5.74) is 1.26. The first-order valence-corrected chi connectivity index (χ1v) is 9.91. The molecule has 0 aliphatic rings. The normalized spacial score (nSPS) is 12.4. The minimum Gasteiger partial charge on any atom is -0.417 e. The molecule has 1 rings (SSSR count). The van der Waals surface area contributed by atoms with E-state index in [0.717, 1.165) is 25.0 Å². The third-order valence-corrected chi connectivity index (χ3v) is 8.56. The fourth-order valence-corrected chi connectivity index (χ4v) is 2.69. The van der Waals surface area contributed by atoms with Crippen LogP contribution in [0.4, 0.5) is 5.69 Å². The summed E-state index contributed by atoms with van der Waals surface area (Å²) in [6, 6.07) is 6.77. The van der Waals surface area contributed by atoms with Gasteiger partial charge in [0, 0.05) is 18.7 Å². The van der Waals surface area contributed by atoms with Crippen molar-refractivity contribution in [3.05, 3.63) is 39.9 Å². The second kappa shape index (κ2) is 6.50. The summed E-state index contributed by atoms with van der Waals surface area (Å²) in [6.07, 6.45) is 1.84. The van der Waals surface area contributed by atoms with Crippen LogP contribution < -0.4 is 0 Å². The Kier molecular flexibility index (Phi) is 5.47. The highest BCUT2D eigenvalue weighted by Gasteiger charge is 2.36. The van der Waals surface area contributed by atoms with Crippen molar-refractivity contribution in [3.8, 4) is 0 Å². The molecule has 0 N–H and O–H groups in total. The third kappa shape index (κ3) is 4.72. The van der Waals surface area contributed by atoms with Crippen LogP contribution in [0.2, 0.25) is 18.1 Å². The van der Waals surface area contributed by atoms with Gasteiger partial charge < -0.3 is 4.43 Å². The number of hydrogen-bond acceptors (Lipinski definition) is 3. The number of benzene rings is 1. The Bertz CT molecular complexity index is 449. The van der Waals surface area contributed by atoms with Gasteiger partial charge in [0.1, 0.15) is 0 Å². The molecule has 0 radical (unpaired) electrons. The number of rotatable bonds is 6. The van der Waals surface area contributed by atoms with Crippen LogP contribution in [0.15, 0.2) is 24.3 Å². The molecule has 0 heterocycles. The molecule has 0 fully saturated rings. The fourth-order valence-electron chi connectivity index (χ4n) is 1.60. The van der Waals surface area contributed by atoms with Gasteiger partial charge >= 0.3 is 0 Å². The Balaban J connectivity index is 2.40. The summed E-state index contributed by atoms with van der Waals surface area (Å²) in [6.45, 7) is 12.0. The van der Waals surface area contributed by atoms with Gasteiger partial charge in [0.2, 0.25) is 0 Å². The molecule has 1 aromatic carbocycles. The lowest BCUT2D eigenvalue weighted by atomic mass is 10.1. The zero-order valence-electron chi connectivity index (χ0n) is 13.1. The highest BCUT2D eigenvalue weighted by molar-refractivity contribution is 6.74. The maximum absolute atomic E-state index is 10.6. The van der Waals surface area contributed by atoms with Gasteiger partial charge in [-0.3, -0.25) is 10.1 Å². The summed E-state index contributed by atoms with van der Waals surface area (Å²) in [5.74, 6) is 0. The zero-order chi connectivity index (χ0) is 15.4. The minimum absolute atomic E-state index is 0.145. The Labute approximate surface area is 122 Å². The second-order valence-corrected chi connectivity index (χ2v) is 11.4. The lowest BCUT2D eigenvalue weighted by Crippen LogP contribution is -2.41. The summed E-state index contributed by atoms with van der Waals surface area (Å²) in [4.78, 5) is 10.2. The highest BCUT2D eigenvalue weighted by atomic mass is 28.4. The van der Waals surface area contributed by atoms with E-state index in [9.17, 15) is 10.1 Å². The summed E-state index contributed by atoms with van der Waals surface area (Å²) < 4.78 is 6.11. The van der Waals surface area contributed by atoms with Gasteiger partial charge in [0.25, 0.3) is 5.69 Å². The molecule has 112 valence electrons. The zero-order valence-corrected chi connectivity index (χ0v) is 14.1. The van der Waals surface area contributed by atoms with Gasteiger partial charge in [-0.1, -0.05) is 32.9 Å². The molecule has 0 amide bonds. The Morgan fingerprint density at radius 3 is 2.20 bits per heavy atom. The molecule has 0 saturated carbocycles. The van der Waals surface area contributed by atoms with Gasteiger partial charge in [-0.05, 0) is 36.5 Å². The van der Waals surface area contributed by atoms with Crippen molar-refractivity contribution < 1.29 is 9.35 Å². The Hall–Kier alpha value is -1.20. The molecule has 20 heavy (non-hydrogen) atoms. The van der Waals surface area contributed by atoms with Gasteiger partial charge in [-0.15, -0.1) is 0 Å². The van der Waals surface area contributed by atoms with Crippen molar-refractivity contribution in [2.24, 2.45) is 0 Å². The smallest absolute Gasteiger partial charge is 0.269 e. The first-order valence-electron chi connectivity index (χ1n) is 7.01. The molecule has 5 heteroatoms. The highest BCUT2D eigenvalue weighted by Crippen LogP contribution is 2.36. The molecule has 0 aliphatic carbocycles. The number of aryl methyl sites for hydroxylation is 1. The van der Waals surface area contributed by atoms with Crippen molar-refractivity contribution in [3.63, 3.8) is 0 Å². The van der Waals surface area contributed by atoms with Gasteiger partial charge in [-0.2, -0.15) is 0 Å². The van der Waals surface area contributed by atoms with Crippen LogP contribution in [-0.4, -0.2) is 19.8 Å². The second-order valence-electron chi connectivity index (χ2n) is 6.64. The van der Waals surface area contributed by atoms with E-state index >= 15 is 0 Å². The number of nitro benzene ring substituents is 1. The van der Waals surface area contributed by atoms with Crippen LogP contribution in [0.3, 0.4) is 0 Å². The maximum Gasteiger partial charge on any atom is 0.269 e. The van der Waals surface area contributed by atoms with Gasteiger partial charge in [0.05, 0.1) is 4.92 Å². The molecule has 1 aromatic rings. The summed E-state index contributed by atoms with van der Waals surface area (Å²) in [5, 5.41) is 10.8. The van der Waals surface area contributed by atoms with Crippen LogP contribution in [-0.2, 0) is 10.8 Å². The van der Waals surface area contributed by atoms with Crippen LogP contribution in [0, 0.1) is 10.1 Å². The van der Waals surface area contributed by atoms with Crippen molar-refractivity contribution in [1.82, 2.24) is 0 Å². The van der Waals surface area contributed by atoms with E-state index in [-0.39, 0.29) is 15.6 Å². The van der Waals surface area contributed by atoms with Crippen molar-refractivity contribution in [2.75, 3.05) is 6.61 Å². The number of nitrogens with zero attached hydrogens (tertiary/aromatic N) is 1. The van der Waals surface area contributed by atoms with E-state index < -0.39 is 8.32 Å². The van der Waals surface area contributed by atoms with E-state index in [4.69, 9.17) is 4.43 Å². The van der Waals surface area contributed by atoms with Crippen LogP contribution in [0.25, 0.3) is 0 Å². The van der Waals surface area contributed by atoms with E-state index in [1.807, 2.05) is 12.1 Å². The van der Waals surface area contributed by atoms with Crippen molar-refractivity contribution in [1.29, 1.82) is 0 Å². The Morgan fingerprint density at radius 1 is 1.20 bits per heavy atom. The lowest BCUT2D eigenvalue weighted by molar-refractivity contribution is -0.384. The monoisotopic (exact) mass is 295 g/mol. The van der Waals surface area contributed by atoms with Gasteiger partial charge in [-0.25, -0.2) is 0 Å². The van der Waals surface area contributed by atoms with Crippen LogP contribution >= 0.6 is 0 Å². The average molecular weight is 295 g/mol. The maximum atomic E-state index is 10.6. The molecule has 0 bridgehead atoms. The summed E-state index contributed by atoms with van der Waals surface area (Å²) >= 11 is 0. The standard InChI is InChI=1S/C15H25NO3Si/c1-15(2,3)20(4,5)19-12-6-7-13-8-10-14(11-9-13)16(17)18/h8-11H,6-7,12H2,1-5H3. The van der Waals surface area contributed by atoms with Crippen molar-refractivity contribution >= 4 is 14.0 Å². The fraction of sp³-hybridized carbons (Fsp3) is 0.600. The number of hydrogen-bond donors (Lipinski definition) is 0. The number of non-ortho nitro benzene ring substituents is 1. The quantitative estimate of drug-likeness (QED) is 0.335. The molecule has 0 aromatic heterocycles. The predicted octanol–water partition coefficient (Wildman–Crippen LogP) is 4.55. The predicted molar refractivity (Wildman–Crippen MR) is 84.6 cm³/mol. The number of nitro groups is 1. The van der Waals surface area contributed by atoms with Crippen molar-refractivity contribution in [2.45, 2.75) is 51.7 Å². The van der Waals surface area contributed by atoms with Gasteiger partial charge in [0.15, 0.2) is 8.32 Å². The molecule has 0 unspecified atom stereocenters. The molecule has 0 aliphatic heterocycles.